The zero-order chi connectivity index (χ0) is 13.9. The van der Waals surface area contributed by atoms with Crippen LogP contribution >= 0.6 is 0 Å². The van der Waals surface area contributed by atoms with Gasteiger partial charge in [-0.3, -0.25) is 0 Å². The molecule has 1 aromatic heterocycles. The third-order valence-electron chi connectivity index (χ3n) is 2.17. The van der Waals surface area contributed by atoms with E-state index in [1.54, 1.807) is 14.2 Å². The molecule has 0 aliphatic heterocycles. The maximum atomic E-state index is 8.81. The summed E-state index contributed by atoms with van der Waals surface area (Å²) in [4.78, 5) is 0. The molecule has 0 spiro atoms. The highest BCUT2D eigenvalue weighted by Gasteiger charge is 2.11. The SMILES string of the molecule is COCNc1nnnc(NCOC)c1NCCCO. The molecule has 108 valence electrons. The molecule has 1 aromatic rings. The lowest BCUT2D eigenvalue weighted by molar-refractivity contribution is 0.220. The molecule has 4 N–H and O–H groups in total. The number of rotatable bonds is 10. The summed E-state index contributed by atoms with van der Waals surface area (Å²) in [7, 11) is 3.15. The second-order valence-electron chi connectivity index (χ2n) is 3.59. The topological polar surface area (TPSA) is 113 Å². The van der Waals surface area contributed by atoms with Gasteiger partial charge in [0, 0.05) is 27.4 Å². The van der Waals surface area contributed by atoms with Gasteiger partial charge in [0.25, 0.3) is 0 Å². The van der Waals surface area contributed by atoms with Crippen LogP contribution in [0.2, 0.25) is 0 Å². The third kappa shape index (κ3) is 5.20. The molecule has 0 atom stereocenters. The van der Waals surface area contributed by atoms with Crippen molar-refractivity contribution in [2.24, 2.45) is 0 Å². The summed E-state index contributed by atoms with van der Waals surface area (Å²) in [6.07, 6.45) is 0.621. The van der Waals surface area contributed by atoms with E-state index in [1.165, 1.54) is 0 Å². The number of anilines is 3. The van der Waals surface area contributed by atoms with Gasteiger partial charge in [-0.25, -0.2) is 0 Å². The Bertz CT molecular complexity index is 339. The average molecular weight is 272 g/mol. The number of nitrogens with zero attached hydrogens (tertiary/aromatic N) is 3. The van der Waals surface area contributed by atoms with Crippen molar-refractivity contribution < 1.29 is 14.6 Å². The molecule has 0 aliphatic carbocycles. The molecule has 0 aromatic carbocycles. The fraction of sp³-hybridized carbons (Fsp3) is 0.700. The summed E-state index contributed by atoms with van der Waals surface area (Å²) >= 11 is 0. The van der Waals surface area contributed by atoms with Crippen LogP contribution in [-0.2, 0) is 9.47 Å². The molecule has 0 bridgehead atoms. The van der Waals surface area contributed by atoms with Crippen LogP contribution < -0.4 is 16.0 Å². The minimum Gasteiger partial charge on any atom is -0.396 e. The van der Waals surface area contributed by atoms with Gasteiger partial charge < -0.3 is 30.5 Å². The summed E-state index contributed by atoms with van der Waals surface area (Å²) in [6.45, 7) is 1.31. The molecule has 1 heterocycles. The zero-order valence-corrected chi connectivity index (χ0v) is 11.1. The van der Waals surface area contributed by atoms with Gasteiger partial charge in [0.05, 0.1) is 0 Å². The molecule has 0 amide bonds. The third-order valence-corrected chi connectivity index (χ3v) is 2.17. The van der Waals surface area contributed by atoms with Crippen molar-refractivity contribution in [3.05, 3.63) is 0 Å². The van der Waals surface area contributed by atoms with Crippen molar-refractivity contribution in [2.45, 2.75) is 6.42 Å². The van der Waals surface area contributed by atoms with E-state index >= 15 is 0 Å². The van der Waals surface area contributed by atoms with Gasteiger partial charge >= 0.3 is 0 Å². The Labute approximate surface area is 111 Å². The minimum atomic E-state index is 0.112. The fourth-order valence-corrected chi connectivity index (χ4v) is 1.31. The van der Waals surface area contributed by atoms with Gasteiger partial charge in [0.2, 0.25) is 0 Å². The predicted octanol–water partition coefficient (Wildman–Crippen LogP) is -0.302. The fourth-order valence-electron chi connectivity index (χ4n) is 1.31. The smallest absolute Gasteiger partial charge is 0.179 e. The number of hydrogen-bond acceptors (Lipinski definition) is 9. The molecule has 0 aliphatic rings. The zero-order valence-electron chi connectivity index (χ0n) is 11.1. The largest absolute Gasteiger partial charge is 0.396 e. The standard InChI is InChI=1S/C10H20N6O3/c1-18-6-12-9-8(11-4-3-5-17)10(13-7-19-2)15-16-14-9/h17H,3-7H2,1-2H3,(H,11,16)(H2,12,13,14,15). The molecule has 9 nitrogen and oxygen atoms in total. The van der Waals surface area contributed by atoms with Crippen molar-refractivity contribution in [3.63, 3.8) is 0 Å². The van der Waals surface area contributed by atoms with Crippen LogP contribution in [0, 0.1) is 0 Å². The second-order valence-corrected chi connectivity index (χ2v) is 3.59. The maximum absolute atomic E-state index is 8.81. The van der Waals surface area contributed by atoms with Crippen LogP contribution in [0.5, 0.6) is 0 Å². The lowest BCUT2D eigenvalue weighted by Crippen LogP contribution is -2.16. The lowest BCUT2D eigenvalue weighted by Gasteiger charge is -2.15. The summed E-state index contributed by atoms with van der Waals surface area (Å²) in [5.74, 6) is 1.04. The first-order valence-corrected chi connectivity index (χ1v) is 5.87. The Balaban J connectivity index is 2.81. The highest BCUT2D eigenvalue weighted by Crippen LogP contribution is 2.25. The van der Waals surface area contributed by atoms with Gasteiger partial charge in [-0.1, -0.05) is 0 Å². The van der Waals surface area contributed by atoms with Gasteiger partial charge in [-0.05, 0) is 11.6 Å². The minimum absolute atomic E-state index is 0.112. The van der Waals surface area contributed by atoms with Crippen molar-refractivity contribution in [2.75, 3.05) is 56.8 Å². The molecular formula is C10H20N6O3. The van der Waals surface area contributed by atoms with E-state index < -0.39 is 0 Å². The van der Waals surface area contributed by atoms with Crippen LogP contribution in [0.1, 0.15) is 6.42 Å². The van der Waals surface area contributed by atoms with E-state index in [4.69, 9.17) is 14.6 Å². The van der Waals surface area contributed by atoms with Crippen molar-refractivity contribution in [1.29, 1.82) is 0 Å². The summed E-state index contributed by atoms with van der Waals surface area (Å²) in [5.41, 5.74) is 0.664. The van der Waals surface area contributed by atoms with E-state index in [0.29, 0.717) is 43.8 Å². The van der Waals surface area contributed by atoms with Crippen LogP contribution in [0.4, 0.5) is 17.3 Å². The van der Waals surface area contributed by atoms with E-state index in [1.807, 2.05) is 0 Å². The molecule has 19 heavy (non-hydrogen) atoms. The van der Waals surface area contributed by atoms with Gasteiger partial charge in [0.15, 0.2) is 11.6 Å². The molecule has 0 saturated heterocycles. The highest BCUT2D eigenvalue weighted by atomic mass is 16.5. The first-order valence-electron chi connectivity index (χ1n) is 5.87. The molecule has 1 rings (SSSR count). The maximum Gasteiger partial charge on any atom is 0.179 e. The number of aliphatic hydroxyl groups excluding tert-OH is 1. The number of methoxy groups -OCH3 is 2. The predicted molar refractivity (Wildman–Crippen MR) is 71.0 cm³/mol. The normalized spacial score (nSPS) is 10.3. The van der Waals surface area contributed by atoms with Crippen LogP contribution in [0.3, 0.4) is 0 Å². The van der Waals surface area contributed by atoms with Crippen molar-refractivity contribution >= 4 is 17.3 Å². The monoisotopic (exact) mass is 272 g/mol. The van der Waals surface area contributed by atoms with Gasteiger partial charge in [-0.2, -0.15) is 0 Å². The van der Waals surface area contributed by atoms with Crippen molar-refractivity contribution in [1.82, 2.24) is 15.4 Å². The van der Waals surface area contributed by atoms with Crippen LogP contribution in [0.15, 0.2) is 0 Å². The number of ether oxygens (including phenoxy) is 2. The first kappa shape index (κ1) is 15.3. The van der Waals surface area contributed by atoms with E-state index in [2.05, 4.69) is 31.4 Å². The molecule has 0 radical (unpaired) electrons. The Morgan fingerprint density at radius 1 is 1.00 bits per heavy atom. The summed E-state index contributed by atoms with van der Waals surface area (Å²) in [6, 6.07) is 0. The Morgan fingerprint density at radius 3 is 2.05 bits per heavy atom. The Kier molecular flexibility index (Phi) is 7.47. The molecular weight excluding hydrogens is 252 g/mol. The second kappa shape index (κ2) is 9.25. The lowest BCUT2D eigenvalue weighted by atomic mass is 10.4. The van der Waals surface area contributed by atoms with E-state index in [-0.39, 0.29) is 6.61 Å². The molecule has 0 saturated carbocycles. The number of aliphatic hydroxyl groups is 1. The van der Waals surface area contributed by atoms with Gasteiger partial charge in [-0.15, -0.1) is 10.2 Å². The number of aromatic nitrogens is 3. The average Bonchev–Trinajstić information content (AvgIpc) is 2.44. The number of nitrogens with one attached hydrogen (secondary N) is 3. The highest BCUT2D eigenvalue weighted by molar-refractivity contribution is 5.76. The Morgan fingerprint density at radius 2 is 1.58 bits per heavy atom. The van der Waals surface area contributed by atoms with Gasteiger partial charge in [0.1, 0.15) is 19.1 Å². The molecule has 9 heteroatoms. The van der Waals surface area contributed by atoms with Crippen LogP contribution in [-0.4, -0.2) is 61.4 Å². The van der Waals surface area contributed by atoms with E-state index in [0.717, 1.165) is 0 Å². The van der Waals surface area contributed by atoms with Crippen LogP contribution in [0.25, 0.3) is 0 Å². The first-order chi connectivity index (χ1) is 9.33. The quantitative estimate of drug-likeness (QED) is 0.336. The van der Waals surface area contributed by atoms with Crippen molar-refractivity contribution in [3.8, 4) is 0 Å². The Hall–Kier alpha value is -1.71. The summed E-state index contributed by atoms with van der Waals surface area (Å²) < 4.78 is 9.87. The molecule has 0 unspecified atom stereocenters. The summed E-state index contributed by atoms with van der Waals surface area (Å²) in [5, 5.41) is 29.3. The molecule has 0 fully saturated rings. The number of hydrogen-bond donors (Lipinski definition) is 4. The van der Waals surface area contributed by atoms with E-state index in [9.17, 15) is 0 Å².